The van der Waals surface area contributed by atoms with E-state index in [9.17, 15) is 13.6 Å². The third-order valence-electron chi connectivity index (χ3n) is 4.67. The first-order valence-corrected chi connectivity index (χ1v) is 9.91. The molecule has 0 fully saturated rings. The second kappa shape index (κ2) is 10.9. The second-order valence-electron chi connectivity index (χ2n) is 6.78. The summed E-state index contributed by atoms with van der Waals surface area (Å²) >= 11 is 0. The van der Waals surface area contributed by atoms with E-state index in [1.807, 2.05) is 0 Å². The van der Waals surface area contributed by atoms with Crippen LogP contribution in [0.25, 0.3) is 11.3 Å². The van der Waals surface area contributed by atoms with Gasteiger partial charge in [0.1, 0.15) is 5.82 Å². The highest BCUT2D eigenvalue weighted by Gasteiger charge is 2.19. The van der Waals surface area contributed by atoms with Crippen LogP contribution in [0.15, 0.2) is 24.3 Å². The Kier molecular flexibility index (Phi) is 8.49. The van der Waals surface area contributed by atoms with Crippen LogP contribution in [0.1, 0.15) is 74.8 Å². The van der Waals surface area contributed by atoms with E-state index in [0.717, 1.165) is 18.9 Å². The summed E-state index contributed by atoms with van der Waals surface area (Å²) in [6.45, 7) is 3.99. The van der Waals surface area contributed by atoms with Gasteiger partial charge >= 0.3 is 5.97 Å². The van der Waals surface area contributed by atoms with Crippen LogP contribution in [0.2, 0.25) is 0 Å². The predicted octanol–water partition coefficient (Wildman–Crippen LogP) is 6.43. The van der Waals surface area contributed by atoms with Crippen molar-refractivity contribution in [3.05, 3.63) is 47.2 Å². The molecule has 5 heteroatoms. The van der Waals surface area contributed by atoms with Gasteiger partial charge in [0.15, 0.2) is 11.5 Å². The van der Waals surface area contributed by atoms with E-state index < -0.39 is 11.8 Å². The molecule has 0 aliphatic heterocycles. The van der Waals surface area contributed by atoms with Crippen molar-refractivity contribution in [2.75, 3.05) is 6.61 Å². The number of rotatable bonds is 11. The molecule has 1 N–H and O–H groups in total. The molecule has 0 saturated carbocycles. The lowest BCUT2D eigenvalue weighted by Crippen LogP contribution is -2.06. The minimum Gasteiger partial charge on any atom is -0.461 e. The second-order valence-corrected chi connectivity index (χ2v) is 6.78. The number of ether oxygens (including phenoxy) is 1. The molecular weight excluding hydrogens is 348 g/mol. The fourth-order valence-electron chi connectivity index (χ4n) is 3.18. The van der Waals surface area contributed by atoms with Gasteiger partial charge in [0.2, 0.25) is 0 Å². The molecule has 27 heavy (non-hydrogen) atoms. The van der Waals surface area contributed by atoms with E-state index in [4.69, 9.17) is 4.74 Å². The largest absolute Gasteiger partial charge is 0.461 e. The highest BCUT2D eigenvalue weighted by molar-refractivity contribution is 5.89. The standard InChI is InChI=1S/C22H29F2NO2/c1-3-5-6-7-8-9-10-12-16-13-11-14-17(20(16)24)19-15-18(23)21(25-19)22(26)27-4-2/h11,13-15,25H,3-10,12H2,1-2H3. The minimum atomic E-state index is -0.777. The van der Waals surface area contributed by atoms with E-state index in [0.29, 0.717) is 12.0 Å². The SMILES string of the molecule is CCCCCCCCCc1cccc(-c2cc(F)c(C(=O)OCC)[nH]2)c1F. The fraction of sp³-hybridized carbons (Fsp3) is 0.500. The van der Waals surface area contributed by atoms with Crippen molar-refractivity contribution in [1.82, 2.24) is 4.98 Å². The number of aryl methyl sites for hydroxylation is 1. The molecule has 0 amide bonds. The zero-order valence-corrected chi connectivity index (χ0v) is 16.2. The highest BCUT2D eigenvalue weighted by Crippen LogP contribution is 2.27. The molecule has 2 rings (SSSR count). The monoisotopic (exact) mass is 377 g/mol. The van der Waals surface area contributed by atoms with E-state index in [-0.39, 0.29) is 29.4 Å². The van der Waals surface area contributed by atoms with E-state index in [2.05, 4.69) is 11.9 Å². The van der Waals surface area contributed by atoms with Gasteiger partial charge in [-0.3, -0.25) is 0 Å². The molecule has 1 aromatic carbocycles. The summed E-state index contributed by atoms with van der Waals surface area (Å²) < 4.78 is 33.7. The number of nitrogens with one attached hydrogen (secondary N) is 1. The number of aromatic amines is 1. The van der Waals surface area contributed by atoms with Gasteiger partial charge in [0.05, 0.1) is 12.3 Å². The van der Waals surface area contributed by atoms with Gasteiger partial charge in [-0.05, 0) is 31.4 Å². The molecule has 148 valence electrons. The van der Waals surface area contributed by atoms with Crippen LogP contribution < -0.4 is 0 Å². The van der Waals surface area contributed by atoms with Crippen molar-refractivity contribution in [3.8, 4) is 11.3 Å². The molecule has 2 aromatic rings. The number of halogens is 2. The zero-order valence-electron chi connectivity index (χ0n) is 16.2. The molecule has 0 bridgehead atoms. The normalized spacial score (nSPS) is 11.0. The number of benzene rings is 1. The van der Waals surface area contributed by atoms with Crippen molar-refractivity contribution in [1.29, 1.82) is 0 Å². The lowest BCUT2D eigenvalue weighted by molar-refractivity contribution is 0.0515. The minimum absolute atomic E-state index is 0.148. The van der Waals surface area contributed by atoms with Crippen LogP contribution in [0.5, 0.6) is 0 Å². The molecule has 0 unspecified atom stereocenters. The molecular formula is C22H29F2NO2. The molecule has 0 radical (unpaired) electrons. The number of carbonyl (C=O) groups is 1. The summed E-state index contributed by atoms with van der Waals surface area (Å²) in [7, 11) is 0. The Labute approximate surface area is 160 Å². The van der Waals surface area contributed by atoms with Gasteiger partial charge < -0.3 is 9.72 Å². The van der Waals surface area contributed by atoms with Crippen LogP contribution in [-0.2, 0) is 11.2 Å². The zero-order chi connectivity index (χ0) is 19.6. The summed E-state index contributed by atoms with van der Waals surface area (Å²) in [5, 5.41) is 0. The van der Waals surface area contributed by atoms with E-state index in [1.54, 1.807) is 25.1 Å². The third-order valence-corrected chi connectivity index (χ3v) is 4.67. The van der Waals surface area contributed by atoms with Gasteiger partial charge in [0, 0.05) is 11.6 Å². The summed E-state index contributed by atoms with van der Waals surface area (Å²) in [5.74, 6) is -1.87. The molecule has 0 spiro atoms. The Balaban J connectivity index is 2.02. The molecule has 0 aliphatic rings. The number of hydrogen-bond acceptors (Lipinski definition) is 2. The number of carbonyl (C=O) groups excluding carboxylic acids is 1. The number of esters is 1. The summed E-state index contributed by atoms with van der Waals surface area (Å²) in [6.07, 6.45) is 8.84. The fourth-order valence-corrected chi connectivity index (χ4v) is 3.18. The third kappa shape index (κ3) is 5.91. The first kappa shape index (κ1) is 21.1. The smallest absolute Gasteiger partial charge is 0.357 e. The Morgan fingerprint density at radius 1 is 1.04 bits per heavy atom. The number of H-pyrrole nitrogens is 1. The number of hydrogen-bond donors (Lipinski definition) is 1. The lowest BCUT2D eigenvalue weighted by atomic mass is 10.0. The molecule has 3 nitrogen and oxygen atoms in total. The van der Waals surface area contributed by atoms with Gasteiger partial charge in [-0.2, -0.15) is 0 Å². The van der Waals surface area contributed by atoms with Crippen molar-refractivity contribution in [2.45, 2.75) is 65.2 Å². The Bertz CT molecular complexity index is 740. The van der Waals surface area contributed by atoms with E-state index >= 15 is 0 Å². The highest BCUT2D eigenvalue weighted by atomic mass is 19.1. The lowest BCUT2D eigenvalue weighted by Gasteiger charge is -2.08. The average Bonchev–Trinajstić information content (AvgIpc) is 3.04. The summed E-state index contributed by atoms with van der Waals surface area (Å²) in [6, 6.07) is 6.26. The van der Waals surface area contributed by atoms with Gasteiger partial charge in [-0.25, -0.2) is 13.6 Å². The maximum atomic E-state index is 14.9. The summed E-state index contributed by atoms with van der Waals surface area (Å²) in [5.41, 5.74) is 0.858. The Morgan fingerprint density at radius 3 is 2.44 bits per heavy atom. The van der Waals surface area contributed by atoms with Crippen LogP contribution in [0, 0.1) is 11.6 Å². The molecule has 0 atom stereocenters. The van der Waals surface area contributed by atoms with Crippen molar-refractivity contribution in [2.24, 2.45) is 0 Å². The first-order valence-electron chi connectivity index (χ1n) is 9.91. The maximum absolute atomic E-state index is 14.9. The topological polar surface area (TPSA) is 42.1 Å². The number of aromatic nitrogens is 1. The van der Waals surface area contributed by atoms with Gasteiger partial charge in [-0.15, -0.1) is 0 Å². The summed E-state index contributed by atoms with van der Waals surface area (Å²) in [4.78, 5) is 14.4. The van der Waals surface area contributed by atoms with Crippen molar-refractivity contribution in [3.63, 3.8) is 0 Å². The quantitative estimate of drug-likeness (QED) is 0.362. The Morgan fingerprint density at radius 2 is 1.74 bits per heavy atom. The van der Waals surface area contributed by atoms with Crippen molar-refractivity contribution >= 4 is 5.97 Å². The number of unbranched alkanes of at least 4 members (excludes halogenated alkanes) is 6. The van der Waals surface area contributed by atoms with Crippen molar-refractivity contribution < 1.29 is 18.3 Å². The van der Waals surface area contributed by atoms with Crippen LogP contribution in [0.4, 0.5) is 8.78 Å². The first-order chi connectivity index (χ1) is 13.1. The maximum Gasteiger partial charge on any atom is 0.357 e. The van der Waals surface area contributed by atoms with Crippen LogP contribution in [-0.4, -0.2) is 17.6 Å². The predicted molar refractivity (Wildman–Crippen MR) is 104 cm³/mol. The van der Waals surface area contributed by atoms with Gasteiger partial charge in [0.25, 0.3) is 0 Å². The molecule has 0 aliphatic carbocycles. The van der Waals surface area contributed by atoms with Crippen LogP contribution >= 0.6 is 0 Å². The molecule has 1 heterocycles. The van der Waals surface area contributed by atoms with Crippen LogP contribution in [0.3, 0.4) is 0 Å². The van der Waals surface area contributed by atoms with Gasteiger partial charge in [-0.1, -0.05) is 57.6 Å². The molecule has 0 saturated heterocycles. The van der Waals surface area contributed by atoms with E-state index in [1.165, 1.54) is 32.1 Å². The molecule has 1 aromatic heterocycles. The Hall–Kier alpha value is -2.17. The average molecular weight is 377 g/mol.